The normalized spacial score (nSPS) is 17.5. The summed E-state index contributed by atoms with van der Waals surface area (Å²) < 4.78 is 27.0. The largest absolute Gasteiger partial charge is 0.508 e. The molecule has 29 rings (SSSR count). The Morgan fingerprint density at radius 1 is 0.257 bits per heavy atom. The zero-order valence-electron chi connectivity index (χ0n) is 83.4. The van der Waals surface area contributed by atoms with E-state index in [1.54, 1.807) is 72.8 Å². The molecule has 10 N–H and O–H groups in total. The SMILES string of the molecule is Cc1cc2cc3c(cc2cc1O)C(C)(CCCC1CCCCC1)c1cc2cc(O)c(C)cc2cc1O3.Oc1ccc2c3c(c4ccc(O)cc4c2c1)C(C1CCC(C2CCCCC2)CC1)c1c(c2ccc(O)cc2c2cc(O)ccc12)O3.Oc1ccc2c3c(ccc2c1)C(C1CCCCC1)c1ccc2cc(O)ccc2c1O3.Oc1ccc2c3c(ccc2c1)Oc1ccc2cc(O)ccc2c1C31c2ccccc2-c2ccccc21. The van der Waals surface area contributed by atoms with Gasteiger partial charge in [0.25, 0.3) is 0 Å². The Morgan fingerprint density at radius 2 is 0.601 bits per heavy atom. The molecule has 1 spiro atoms. The fourth-order valence-corrected chi connectivity index (χ4v) is 28.3. The lowest BCUT2D eigenvalue weighted by atomic mass is 9.64. The molecule has 738 valence electrons. The summed E-state index contributed by atoms with van der Waals surface area (Å²) in [6.07, 6.45) is 28.4. The van der Waals surface area contributed by atoms with E-state index >= 15 is 0 Å². The van der Waals surface area contributed by atoms with Gasteiger partial charge in [0.2, 0.25) is 0 Å². The van der Waals surface area contributed by atoms with Crippen LogP contribution in [0.4, 0.5) is 0 Å². The molecule has 0 radical (unpaired) electrons. The molecular weight excluding hydrogens is 1830 g/mol. The molecule has 14 nitrogen and oxygen atoms in total. The van der Waals surface area contributed by atoms with Gasteiger partial charge in [-0.25, -0.2) is 0 Å². The number of aromatic hydroxyl groups is 10. The summed E-state index contributed by atoms with van der Waals surface area (Å²) in [5, 5.41) is 123. The number of hydrogen-bond donors (Lipinski definition) is 10. The second kappa shape index (κ2) is 36.4. The van der Waals surface area contributed by atoms with E-state index in [0.717, 1.165) is 224 Å². The first-order valence-corrected chi connectivity index (χ1v) is 53.4. The van der Waals surface area contributed by atoms with Gasteiger partial charge in [-0.1, -0.05) is 212 Å². The molecule has 9 aliphatic rings. The summed E-state index contributed by atoms with van der Waals surface area (Å²) in [4.78, 5) is 0. The summed E-state index contributed by atoms with van der Waals surface area (Å²) in [6.45, 7) is 6.22. The number of fused-ring (bicyclic) bond motifs is 35. The first kappa shape index (κ1) is 92.1. The summed E-state index contributed by atoms with van der Waals surface area (Å²) in [5.41, 5.74) is 15.0. The summed E-state index contributed by atoms with van der Waals surface area (Å²) >= 11 is 0. The molecule has 0 unspecified atom stereocenters. The standard InChI is InChI=1S/C41H38O5.C33H20O3.C33H36O3.C27H24O3/c42-25-10-14-29-33(18-25)35-20-27(44)12-16-31(35)40-38(29)37(24-8-6-23(7-9-24)22-4-2-1-3-5-22)39-30-15-11-26(43)19-34(30)36-21-28(45)13-17-32(36)41(39)46-40;34-21-11-13-23-19(17-21)9-15-29-31(23)33(27-7-3-1-5-25(27)26-6-2-4-8-28(26)33)32-24-14-12-22(35)18-20(24)10-16-30(32)36-29;1-20-12-23-18-31-27(14-25(23)16-29(20)34)33(3,11-7-10-22-8-5-4-6-9-22)28-15-26-17-30(35)21(2)13-24(26)19-32(28)36-31;28-19-8-12-21-17(14-19)6-10-23-25(16-4-2-1-3-5-16)24-11-7-18-15-20(29)9-13-22(18)27(24)30-26(21)23/h10-24,37,42-45H,1-9H2;1-18,34-35H;12-19,22,34-35H,4-11H2,1-3H3;6-16,25,28-29H,1-5H2. The van der Waals surface area contributed by atoms with E-state index in [1.807, 2.05) is 135 Å². The summed E-state index contributed by atoms with van der Waals surface area (Å²) in [5.74, 6) is 13.0. The Bertz CT molecular complexity index is 8410. The molecule has 14 heteroatoms. The van der Waals surface area contributed by atoms with Gasteiger partial charge in [0.05, 0.1) is 5.41 Å². The maximum absolute atomic E-state index is 10.7. The van der Waals surface area contributed by atoms with Gasteiger partial charge in [0.1, 0.15) is 103 Å². The van der Waals surface area contributed by atoms with Crippen LogP contribution in [-0.4, -0.2) is 51.1 Å². The minimum Gasteiger partial charge on any atom is -0.508 e. The van der Waals surface area contributed by atoms with E-state index in [9.17, 15) is 51.1 Å². The van der Waals surface area contributed by atoms with Crippen molar-refractivity contribution in [1.82, 2.24) is 0 Å². The Balaban J connectivity index is 0.000000101. The number of phenolic OH excluding ortho intramolecular Hbond substituents is 10. The van der Waals surface area contributed by atoms with Gasteiger partial charge < -0.3 is 70.0 Å². The van der Waals surface area contributed by atoms with Gasteiger partial charge in [-0.3, -0.25) is 0 Å². The molecule has 4 fully saturated rings. The van der Waals surface area contributed by atoms with Crippen LogP contribution in [0.15, 0.2) is 291 Å². The second-order valence-electron chi connectivity index (χ2n) is 43.9. The zero-order chi connectivity index (χ0) is 100. The van der Waals surface area contributed by atoms with Gasteiger partial charge in [-0.2, -0.15) is 0 Å². The van der Waals surface area contributed by atoms with Crippen molar-refractivity contribution in [2.45, 2.75) is 185 Å². The van der Waals surface area contributed by atoms with Gasteiger partial charge in [-0.15, -0.1) is 0 Å². The average Bonchev–Trinajstić information content (AvgIpc) is 1.48. The molecule has 20 aromatic rings. The van der Waals surface area contributed by atoms with Crippen LogP contribution in [0.1, 0.15) is 227 Å². The molecule has 4 aliphatic heterocycles. The predicted molar refractivity (Wildman–Crippen MR) is 593 cm³/mol. The molecule has 4 saturated carbocycles. The van der Waals surface area contributed by atoms with Crippen LogP contribution >= 0.6 is 0 Å². The third-order valence-corrected chi connectivity index (χ3v) is 35.3. The number of benzene rings is 20. The molecule has 4 heterocycles. The van der Waals surface area contributed by atoms with Crippen LogP contribution < -0.4 is 18.9 Å². The van der Waals surface area contributed by atoms with Gasteiger partial charge in [0.15, 0.2) is 0 Å². The lowest BCUT2D eigenvalue weighted by molar-refractivity contribution is 0.159. The van der Waals surface area contributed by atoms with Crippen LogP contribution in [0.25, 0.3) is 119 Å². The lowest BCUT2D eigenvalue weighted by Gasteiger charge is -2.42. The predicted octanol–water partition coefficient (Wildman–Crippen LogP) is 35.0. The van der Waals surface area contributed by atoms with Crippen LogP contribution in [-0.2, 0) is 10.8 Å². The summed E-state index contributed by atoms with van der Waals surface area (Å²) in [6, 6.07) is 94.6. The first-order chi connectivity index (χ1) is 72.1. The van der Waals surface area contributed by atoms with E-state index in [-0.39, 0.29) is 57.3 Å². The maximum atomic E-state index is 10.7. The minimum atomic E-state index is -0.636. The lowest BCUT2D eigenvalue weighted by Crippen LogP contribution is -2.32. The Morgan fingerprint density at radius 3 is 1.05 bits per heavy atom. The molecule has 0 atom stereocenters. The van der Waals surface area contributed by atoms with E-state index in [2.05, 4.69) is 104 Å². The summed E-state index contributed by atoms with van der Waals surface area (Å²) in [7, 11) is 0. The molecule has 148 heavy (non-hydrogen) atoms. The quantitative estimate of drug-likeness (QED) is 0.0668. The Labute approximate surface area is 859 Å². The van der Waals surface area contributed by atoms with Gasteiger partial charge in [0, 0.05) is 83.3 Å². The highest BCUT2D eigenvalue weighted by Crippen LogP contribution is 2.67. The van der Waals surface area contributed by atoms with Crippen LogP contribution in [0, 0.1) is 43.4 Å². The number of ether oxygens (including phenoxy) is 4. The molecule has 0 saturated heterocycles. The van der Waals surface area contributed by atoms with Crippen LogP contribution in [0.5, 0.6) is 103 Å². The second-order valence-corrected chi connectivity index (χ2v) is 43.9. The van der Waals surface area contributed by atoms with E-state index < -0.39 is 5.41 Å². The first-order valence-electron chi connectivity index (χ1n) is 53.4. The highest BCUT2D eigenvalue weighted by atomic mass is 16.5. The third-order valence-electron chi connectivity index (χ3n) is 35.3. The van der Waals surface area contributed by atoms with E-state index in [0.29, 0.717) is 29.3 Å². The monoisotopic (exact) mass is 1950 g/mol. The van der Waals surface area contributed by atoms with Gasteiger partial charge in [-0.05, 0) is 390 Å². The topological polar surface area (TPSA) is 239 Å². The van der Waals surface area contributed by atoms with Crippen LogP contribution in [0.2, 0.25) is 0 Å². The minimum absolute atomic E-state index is 0.0153. The van der Waals surface area contributed by atoms with Crippen LogP contribution in [0.3, 0.4) is 0 Å². The molecule has 0 aromatic heterocycles. The van der Waals surface area contributed by atoms with E-state index in [1.165, 1.54) is 167 Å². The smallest absolute Gasteiger partial charge is 0.139 e. The van der Waals surface area contributed by atoms with Crippen molar-refractivity contribution in [3.05, 3.63) is 358 Å². The highest BCUT2D eigenvalue weighted by molar-refractivity contribution is 6.18. The number of hydrogen-bond acceptors (Lipinski definition) is 14. The van der Waals surface area contributed by atoms with Crippen molar-refractivity contribution < 1.29 is 70.0 Å². The van der Waals surface area contributed by atoms with Crippen molar-refractivity contribution >= 4 is 108 Å². The van der Waals surface area contributed by atoms with Crippen molar-refractivity contribution in [1.29, 1.82) is 0 Å². The molecule has 0 amide bonds. The molecule has 20 aromatic carbocycles. The van der Waals surface area contributed by atoms with E-state index in [4.69, 9.17) is 18.9 Å². The number of rotatable bonds is 7. The molecule has 0 bridgehead atoms. The maximum Gasteiger partial charge on any atom is 0.139 e. The van der Waals surface area contributed by atoms with Crippen molar-refractivity contribution in [3.63, 3.8) is 0 Å². The van der Waals surface area contributed by atoms with Crippen molar-refractivity contribution in [3.8, 4) is 115 Å². The van der Waals surface area contributed by atoms with Crippen molar-refractivity contribution in [2.24, 2.45) is 29.6 Å². The molecular formula is C134H118O14. The fourth-order valence-electron chi connectivity index (χ4n) is 28.3. The number of aryl methyl sites for hydroxylation is 2. The third kappa shape index (κ3) is 15.4. The molecule has 5 aliphatic carbocycles. The zero-order valence-corrected chi connectivity index (χ0v) is 83.4. The fraction of sp³-hybridized carbons (Fsp3) is 0.254. The average molecular weight is 1950 g/mol. The van der Waals surface area contributed by atoms with Crippen molar-refractivity contribution in [2.75, 3.05) is 0 Å². The Hall–Kier alpha value is -15.8. The number of phenols is 10. The highest BCUT2D eigenvalue weighted by Gasteiger charge is 2.54. The Kier molecular flexibility index (Phi) is 22.6. The van der Waals surface area contributed by atoms with Gasteiger partial charge >= 0.3 is 0 Å².